The SMILES string of the molecule is COc1ccc(CN(C)C(=O)COc2ccccc2Cl)c(OC)c1. The lowest BCUT2D eigenvalue weighted by molar-refractivity contribution is -0.132. The van der Waals surface area contributed by atoms with Gasteiger partial charge in [0.1, 0.15) is 17.2 Å². The molecule has 0 saturated carbocycles. The lowest BCUT2D eigenvalue weighted by Gasteiger charge is -2.19. The minimum absolute atomic E-state index is 0.0846. The molecule has 0 saturated heterocycles. The normalized spacial score (nSPS) is 10.2. The standard InChI is InChI=1S/C18H20ClNO4/c1-20(11-13-8-9-14(22-2)10-17(13)23-3)18(21)12-24-16-7-5-4-6-15(16)19/h4-10H,11-12H2,1-3H3. The van der Waals surface area contributed by atoms with Crippen LogP contribution in [0.5, 0.6) is 17.2 Å². The van der Waals surface area contributed by atoms with Gasteiger partial charge in [0.2, 0.25) is 0 Å². The fraction of sp³-hybridized carbons (Fsp3) is 0.278. The van der Waals surface area contributed by atoms with E-state index < -0.39 is 0 Å². The van der Waals surface area contributed by atoms with Crippen molar-refractivity contribution in [2.45, 2.75) is 6.54 Å². The van der Waals surface area contributed by atoms with Gasteiger partial charge in [-0.05, 0) is 24.3 Å². The number of benzene rings is 2. The van der Waals surface area contributed by atoms with Crippen molar-refractivity contribution in [3.05, 3.63) is 53.1 Å². The maximum absolute atomic E-state index is 12.2. The summed E-state index contributed by atoms with van der Waals surface area (Å²) in [5.41, 5.74) is 0.881. The molecule has 0 N–H and O–H groups in total. The molecule has 0 unspecified atom stereocenters. The van der Waals surface area contributed by atoms with E-state index in [1.54, 1.807) is 56.5 Å². The Balaban J connectivity index is 1.98. The van der Waals surface area contributed by atoms with Crippen molar-refractivity contribution in [1.82, 2.24) is 4.90 Å². The first-order valence-electron chi connectivity index (χ1n) is 7.37. The van der Waals surface area contributed by atoms with E-state index in [2.05, 4.69) is 0 Å². The largest absolute Gasteiger partial charge is 0.497 e. The van der Waals surface area contributed by atoms with Crippen LogP contribution in [-0.4, -0.2) is 38.7 Å². The molecule has 0 heterocycles. The Labute approximate surface area is 146 Å². The summed E-state index contributed by atoms with van der Waals surface area (Å²) in [6.45, 7) is 0.316. The molecule has 0 aliphatic rings. The number of rotatable bonds is 7. The summed E-state index contributed by atoms with van der Waals surface area (Å²) in [7, 11) is 4.89. The molecule has 24 heavy (non-hydrogen) atoms. The predicted molar refractivity (Wildman–Crippen MR) is 93.0 cm³/mol. The van der Waals surface area contributed by atoms with Gasteiger partial charge in [-0.2, -0.15) is 0 Å². The molecule has 2 aromatic rings. The molecule has 128 valence electrons. The number of likely N-dealkylation sites (N-methyl/N-ethyl adjacent to an activating group) is 1. The summed E-state index contributed by atoms with van der Waals surface area (Å²) >= 11 is 6.01. The zero-order valence-electron chi connectivity index (χ0n) is 13.9. The number of ether oxygens (including phenoxy) is 3. The molecule has 0 aromatic heterocycles. The molecule has 2 rings (SSSR count). The van der Waals surface area contributed by atoms with Crippen LogP contribution < -0.4 is 14.2 Å². The third kappa shape index (κ3) is 4.55. The van der Waals surface area contributed by atoms with E-state index >= 15 is 0 Å². The van der Waals surface area contributed by atoms with Gasteiger partial charge in [-0.15, -0.1) is 0 Å². The molecule has 0 spiro atoms. The van der Waals surface area contributed by atoms with Gasteiger partial charge >= 0.3 is 0 Å². The van der Waals surface area contributed by atoms with Crippen LogP contribution in [-0.2, 0) is 11.3 Å². The van der Waals surface area contributed by atoms with Crippen LogP contribution in [0.2, 0.25) is 5.02 Å². The van der Waals surface area contributed by atoms with Crippen molar-refractivity contribution >= 4 is 17.5 Å². The van der Waals surface area contributed by atoms with Gasteiger partial charge in [-0.25, -0.2) is 0 Å². The van der Waals surface area contributed by atoms with Crippen molar-refractivity contribution in [2.75, 3.05) is 27.9 Å². The smallest absolute Gasteiger partial charge is 0.260 e. The molecule has 2 aromatic carbocycles. The Kier molecular flexibility index (Phi) is 6.32. The van der Waals surface area contributed by atoms with Gasteiger partial charge in [-0.1, -0.05) is 23.7 Å². The molecule has 5 nitrogen and oxygen atoms in total. The zero-order valence-corrected chi connectivity index (χ0v) is 14.7. The van der Waals surface area contributed by atoms with Crippen LogP contribution in [0.4, 0.5) is 0 Å². The number of carbonyl (C=O) groups is 1. The molecule has 0 bridgehead atoms. The number of hydrogen-bond acceptors (Lipinski definition) is 4. The van der Waals surface area contributed by atoms with E-state index in [0.717, 1.165) is 5.56 Å². The molecule has 0 atom stereocenters. The highest BCUT2D eigenvalue weighted by Crippen LogP contribution is 2.26. The number of halogens is 1. The minimum atomic E-state index is -0.159. The first-order chi connectivity index (χ1) is 11.5. The molecule has 0 radical (unpaired) electrons. The second-order valence-electron chi connectivity index (χ2n) is 5.15. The first kappa shape index (κ1) is 17.9. The van der Waals surface area contributed by atoms with Gasteiger partial charge in [0.05, 0.1) is 19.2 Å². The van der Waals surface area contributed by atoms with E-state index in [0.29, 0.717) is 28.8 Å². The number of para-hydroxylation sites is 1. The monoisotopic (exact) mass is 349 g/mol. The van der Waals surface area contributed by atoms with Crippen molar-refractivity contribution in [3.63, 3.8) is 0 Å². The second-order valence-corrected chi connectivity index (χ2v) is 5.55. The fourth-order valence-electron chi connectivity index (χ4n) is 2.14. The predicted octanol–water partition coefficient (Wildman–Crippen LogP) is 3.39. The van der Waals surface area contributed by atoms with Crippen LogP contribution in [0.1, 0.15) is 5.56 Å². The van der Waals surface area contributed by atoms with Crippen molar-refractivity contribution in [3.8, 4) is 17.2 Å². The van der Waals surface area contributed by atoms with Crippen molar-refractivity contribution in [1.29, 1.82) is 0 Å². The number of carbonyl (C=O) groups excluding carboxylic acids is 1. The van der Waals surface area contributed by atoms with E-state index in [1.807, 2.05) is 12.1 Å². The lowest BCUT2D eigenvalue weighted by atomic mass is 10.2. The third-order valence-electron chi connectivity index (χ3n) is 3.52. The lowest BCUT2D eigenvalue weighted by Crippen LogP contribution is -2.31. The van der Waals surface area contributed by atoms with E-state index in [-0.39, 0.29) is 12.5 Å². The maximum Gasteiger partial charge on any atom is 0.260 e. The summed E-state index contributed by atoms with van der Waals surface area (Å²) in [6.07, 6.45) is 0. The Morgan fingerprint density at radius 1 is 1.08 bits per heavy atom. The average molecular weight is 350 g/mol. The van der Waals surface area contributed by atoms with Gasteiger partial charge in [0.15, 0.2) is 6.61 Å². The fourth-order valence-corrected chi connectivity index (χ4v) is 2.33. The van der Waals surface area contributed by atoms with Gasteiger partial charge < -0.3 is 19.1 Å². The molecule has 0 aliphatic heterocycles. The summed E-state index contributed by atoms with van der Waals surface area (Å²) in [4.78, 5) is 13.8. The van der Waals surface area contributed by atoms with Crippen LogP contribution in [0.15, 0.2) is 42.5 Å². The quantitative estimate of drug-likeness (QED) is 0.768. The van der Waals surface area contributed by atoms with Crippen LogP contribution in [0, 0.1) is 0 Å². The second kappa shape index (κ2) is 8.45. The first-order valence-corrected chi connectivity index (χ1v) is 7.75. The third-order valence-corrected chi connectivity index (χ3v) is 3.83. The average Bonchev–Trinajstić information content (AvgIpc) is 2.61. The number of amides is 1. The van der Waals surface area contributed by atoms with Crippen LogP contribution in [0.25, 0.3) is 0 Å². The Bertz CT molecular complexity index is 705. The number of methoxy groups -OCH3 is 2. The summed E-state index contributed by atoms with van der Waals surface area (Å²) in [5, 5.41) is 0.477. The van der Waals surface area contributed by atoms with E-state index in [9.17, 15) is 4.79 Å². The minimum Gasteiger partial charge on any atom is -0.497 e. The highest BCUT2D eigenvalue weighted by atomic mass is 35.5. The van der Waals surface area contributed by atoms with Crippen molar-refractivity contribution in [2.24, 2.45) is 0 Å². The Hall–Kier alpha value is -2.40. The van der Waals surface area contributed by atoms with Gasteiger partial charge in [-0.3, -0.25) is 4.79 Å². The maximum atomic E-state index is 12.2. The molecule has 6 heteroatoms. The van der Waals surface area contributed by atoms with Gasteiger partial charge in [0.25, 0.3) is 5.91 Å². The van der Waals surface area contributed by atoms with Crippen molar-refractivity contribution < 1.29 is 19.0 Å². The zero-order chi connectivity index (χ0) is 17.5. The molecule has 0 fully saturated rings. The molecular weight excluding hydrogens is 330 g/mol. The summed E-state index contributed by atoms with van der Waals surface area (Å²) in [5.74, 6) is 1.70. The summed E-state index contributed by atoms with van der Waals surface area (Å²) in [6, 6.07) is 12.5. The number of hydrogen-bond donors (Lipinski definition) is 0. The Morgan fingerprint density at radius 3 is 2.50 bits per heavy atom. The highest BCUT2D eigenvalue weighted by Gasteiger charge is 2.14. The number of nitrogens with zero attached hydrogens (tertiary/aromatic N) is 1. The van der Waals surface area contributed by atoms with E-state index in [1.165, 1.54) is 0 Å². The summed E-state index contributed by atoms with van der Waals surface area (Å²) < 4.78 is 16.0. The molecule has 1 amide bonds. The van der Waals surface area contributed by atoms with E-state index in [4.69, 9.17) is 25.8 Å². The van der Waals surface area contributed by atoms with Gasteiger partial charge in [0, 0.05) is 25.2 Å². The highest BCUT2D eigenvalue weighted by molar-refractivity contribution is 6.32. The Morgan fingerprint density at radius 2 is 1.83 bits per heavy atom. The molecular formula is C18H20ClNO4. The molecule has 0 aliphatic carbocycles. The topological polar surface area (TPSA) is 48.0 Å². The van der Waals surface area contributed by atoms with Crippen LogP contribution >= 0.6 is 11.6 Å². The van der Waals surface area contributed by atoms with Crippen LogP contribution in [0.3, 0.4) is 0 Å².